The highest BCUT2D eigenvalue weighted by Gasteiger charge is 2.46. The van der Waals surface area contributed by atoms with E-state index in [1.165, 1.54) is 21.8 Å². The summed E-state index contributed by atoms with van der Waals surface area (Å²) >= 11 is 1.53. The van der Waals surface area contributed by atoms with Gasteiger partial charge in [-0.05, 0) is 52.2 Å². The molecule has 2 atom stereocenters. The number of carbonyl (C=O) groups is 2. The van der Waals surface area contributed by atoms with Gasteiger partial charge in [-0.15, -0.1) is 11.3 Å². The predicted molar refractivity (Wildman–Crippen MR) is 92.7 cm³/mol. The van der Waals surface area contributed by atoms with Crippen molar-refractivity contribution in [3.8, 4) is 0 Å². The van der Waals surface area contributed by atoms with Crippen LogP contribution >= 0.6 is 11.3 Å². The zero-order valence-electron chi connectivity index (χ0n) is 14.8. The van der Waals surface area contributed by atoms with E-state index in [1.807, 2.05) is 33.8 Å². The molecule has 0 bridgehead atoms. The second-order valence-corrected chi connectivity index (χ2v) is 8.77. The van der Waals surface area contributed by atoms with Gasteiger partial charge in [-0.1, -0.05) is 0 Å². The van der Waals surface area contributed by atoms with Crippen LogP contribution in [0.4, 0.5) is 4.79 Å². The van der Waals surface area contributed by atoms with Gasteiger partial charge in [-0.3, -0.25) is 4.79 Å². The number of hydrogen-bond acceptors (Lipinski definition) is 5. The number of amides is 1. The summed E-state index contributed by atoms with van der Waals surface area (Å²) in [6, 6.07) is 2.02. The number of piperidine rings is 1. The van der Waals surface area contributed by atoms with Crippen molar-refractivity contribution < 1.29 is 19.1 Å². The number of fused-ring (bicyclic) bond motifs is 2. The van der Waals surface area contributed by atoms with Crippen LogP contribution < -0.4 is 0 Å². The normalized spacial score (nSPS) is 27.0. The molecule has 0 saturated carbocycles. The van der Waals surface area contributed by atoms with Gasteiger partial charge in [-0.25, -0.2) is 4.79 Å². The van der Waals surface area contributed by atoms with Crippen molar-refractivity contribution in [1.29, 1.82) is 0 Å². The van der Waals surface area contributed by atoms with Gasteiger partial charge in [0.05, 0.1) is 11.5 Å². The first kappa shape index (κ1) is 17.4. The Morgan fingerprint density at radius 1 is 1.50 bits per heavy atom. The molecule has 0 aromatic carbocycles. The maximum absolute atomic E-state index is 12.4. The summed E-state index contributed by atoms with van der Waals surface area (Å²) in [6.45, 7) is 8.94. The molecular formula is C18H25NO4S. The molecule has 0 aliphatic carbocycles. The number of carbonyl (C=O) groups excluding carboxylic acids is 2. The summed E-state index contributed by atoms with van der Waals surface area (Å²) < 4.78 is 11.7. The maximum Gasteiger partial charge on any atom is 0.410 e. The van der Waals surface area contributed by atoms with Gasteiger partial charge in [0.2, 0.25) is 0 Å². The van der Waals surface area contributed by atoms with Gasteiger partial charge in [0.15, 0.2) is 6.29 Å². The minimum atomic E-state index is -0.493. The standard InChI is InChI=1S/C18H25NO4S/c1-12-10-18(6-7-19(12)16(21)23-17(2,3)4)15-13(5-8-22-18)9-14(11-20)24-15/h9,11-12H,5-8,10H2,1-4H3/t12-,18+/m0/s1. The maximum atomic E-state index is 12.4. The van der Waals surface area contributed by atoms with Crippen molar-refractivity contribution in [2.45, 2.75) is 64.2 Å². The van der Waals surface area contributed by atoms with Crippen LogP contribution in [-0.4, -0.2) is 42.1 Å². The third kappa shape index (κ3) is 3.22. The highest BCUT2D eigenvalue weighted by atomic mass is 32.1. The summed E-state index contributed by atoms with van der Waals surface area (Å²) in [5, 5.41) is 0. The van der Waals surface area contributed by atoms with Crippen molar-refractivity contribution in [2.24, 2.45) is 0 Å². The van der Waals surface area contributed by atoms with Crippen LogP contribution in [0.5, 0.6) is 0 Å². The second kappa shape index (κ2) is 6.15. The van der Waals surface area contributed by atoms with E-state index < -0.39 is 5.60 Å². The van der Waals surface area contributed by atoms with E-state index in [0.29, 0.717) is 13.2 Å². The van der Waals surface area contributed by atoms with Crippen molar-refractivity contribution in [1.82, 2.24) is 4.90 Å². The van der Waals surface area contributed by atoms with Crippen molar-refractivity contribution in [3.63, 3.8) is 0 Å². The highest BCUT2D eigenvalue weighted by molar-refractivity contribution is 7.14. The van der Waals surface area contributed by atoms with Crippen molar-refractivity contribution >= 4 is 23.7 Å². The second-order valence-electron chi connectivity index (χ2n) is 7.69. The lowest BCUT2D eigenvalue weighted by atomic mass is 9.82. The van der Waals surface area contributed by atoms with E-state index in [1.54, 1.807) is 4.90 Å². The lowest BCUT2D eigenvalue weighted by Gasteiger charge is -2.46. The van der Waals surface area contributed by atoms with Crippen molar-refractivity contribution in [3.05, 3.63) is 21.4 Å². The molecule has 0 radical (unpaired) electrons. The van der Waals surface area contributed by atoms with Crippen LogP contribution in [0.25, 0.3) is 0 Å². The predicted octanol–water partition coefficient (Wildman–Crippen LogP) is 3.75. The highest BCUT2D eigenvalue weighted by Crippen LogP contribution is 2.46. The van der Waals surface area contributed by atoms with Gasteiger partial charge in [0.1, 0.15) is 11.2 Å². The molecule has 0 N–H and O–H groups in total. The zero-order chi connectivity index (χ0) is 17.5. The number of ether oxygens (including phenoxy) is 2. The monoisotopic (exact) mass is 351 g/mol. The van der Waals surface area contributed by atoms with Crippen LogP contribution in [0.15, 0.2) is 6.07 Å². The number of rotatable bonds is 1. The average Bonchev–Trinajstić information content (AvgIpc) is 2.90. The molecule has 5 nitrogen and oxygen atoms in total. The molecule has 2 aliphatic rings. The number of nitrogens with zero attached hydrogens (tertiary/aromatic N) is 1. The molecule has 3 rings (SSSR count). The van der Waals surface area contributed by atoms with Gasteiger partial charge in [-0.2, -0.15) is 0 Å². The summed E-state index contributed by atoms with van der Waals surface area (Å²) in [4.78, 5) is 27.3. The van der Waals surface area contributed by atoms with Crippen LogP contribution in [-0.2, 0) is 21.5 Å². The number of likely N-dealkylation sites (tertiary alicyclic amines) is 1. The van der Waals surface area contributed by atoms with Crippen LogP contribution in [0, 0.1) is 0 Å². The minimum absolute atomic E-state index is 0.0290. The largest absolute Gasteiger partial charge is 0.444 e. The Morgan fingerprint density at radius 2 is 2.25 bits per heavy atom. The fraction of sp³-hybridized carbons (Fsp3) is 0.667. The minimum Gasteiger partial charge on any atom is -0.444 e. The molecule has 0 unspecified atom stereocenters. The Bertz CT molecular complexity index is 648. The third-order valence-corrected chi connectivity index (χ3v) is 5.94. The summed E-state index contributed by atoms with van der Waals surface area (Å²) in [5.41, 5.74) is 0.371. The fourth-order valence-corrected chi connectivity index (χ4v) is 4.85. The molecule has 1 saturated heterocycles. The Kier molecular flexibility index (Phi) is 4.47. The fourth-order valence-electron chi connectivity index (χ4n) is 3.64. The number of thiophene rings is 1. The lowest BCUT2D eigenvalue weighted by molar-refractivity contribution is -0.108. The van der Waals surface area contributed by atoms with E-state index in [-0.39, 0.29) is 17.7 Å². The molecule has 1 spiro atoms. The average molecular weight is 351 g/mol. The van der Waals surface area contributed by atoms with E-state index in [0.717, 1.165) is 30.4 Å². The number of hydrogen-bond donors (Lipinski definition) is 0. The SMILES string of the molecule is C[C@H]1C[C@@]2(CCN1C(=O)OC(C)(C)C)OCCc1cc(C=O)sc12. The van der Waals surface area contributed by atoms with E-state index >= 15 is 0 Å². The molecule has 2 aliphatic heterocycles. The van der Waals surface area contributed by atoms with Crippen molar-refractivity contribution in [2.75, 3.05) is 13.2 Å². The summed E-state index contributed by atoms with van der Waals surface area (Å²) in [7, 11) is 0. The van der Waals surface area contributed by atoms with Gasteiger partial charge in [0, 0.05) is 23.9 Å². The lowest BCUT2D eigenvalue weighted by Crippen LogP contribution is -2.53. The molecule has 1 aromatic rings. The summed E-state index contributed by atoms with van der Waals surface area (Å²) in [5.74, 6) is 0. The van der Waals surface area contributed by atoms with E-state index in [2.05, 4.69) is 0 Å². The molecule has 3 heterocycles. The Hall–Kier alpha value is -1.40. The first-order valence-electron chi connectivity index (χ1n) is 8.46. The third-order valence-electron chi connectivity index (χ3n) is 4.65. The quantitative estimate of drug-likeness (QED) is 0.723. The first-order valence-corrected chi connectivity index (χ1v) is 9.28. The summed E-state index contributed by atoms with van der Waals surface area (Å²) in [6.07, 6.45) is 2.97. The molecular weight excluding hydrogens is 326 g/mol. The molecule has 1 aromatic heterocycles. The molecule has 132 valence electrons. The molecule has 6 heteroatoms. The Morgan fingerprint density at radius 3 is 2.88 bits per heavy atom. The van der Waals surface area contributed by atoms with Gasteiger partial charge < -0.3 is 14.4 Å². The van der Waals surface area contributed by atoms with E-state index in [9.17, 15) is 9.59 Å². The van der Waals surface area contributed by atoms with Crippen LogP contribution in [0.3, 0.4) is 0 Å². The topological polar surface area (TPSA) is 55.8 Å². The number of aldehydes is 1. The van der Waals surface area contributed by atoms with E-state index in [4.69, 9.17) is 9.47 Å². The first-order chi connectivity index (χ1) is 11.2. The molecule has 24 heavy (non-hydrogen) atoms. The molecule has 1 amide bonds. The molecule has 1 fully saturated rings. The van der Waals surface area contributed by atoms with Crippen LogP contribution in [0.2, 0.25) is 0 Å². The smallest absolute Gasteiger partial charge is 0.410 e. The van der Waals surface area contributed by atoms with Gasteiger partial charge >= 0.3 is 6.09 Å². The Balaban J connectivity index is 1.80. The zero-order valence-corrected chi connectivity index (χ0v) is 15.6. The van der Waals surface area contributed by atoms with Crippen LogP contribution in [0.1, 0.15) is 60.6 Å². The van der Waals surface area contributed by atoms with Gasteiger partial charge in [0.25, 0.3) is 0 Å². The Labute approximate surface area is 146 Å².